The molecule has 0 heterocycles. The van der Waals surface area contributed by atoms with Gasteiger partial charge in [-0.1, -0.05) is 41.9 Å². The Hall–Kier alpha value is -2.93. The minimum atomic E-state index is -0.967. The normalized spacial score (nSPS) is 11.4. The van der Waals surface area contributed by atoms with E-state index in [0.717, 1.165) is 11.6 Å². The van der Waals surface area contributed by atoms with Crippen LogP contribution in [0.1, 0.15) is 28.9 Å². The lowest BCUT2D eigenvalue weighted by Gasteiger charge is -2.14. The maximum atomic E-state index is 12.0. The van der Waals surface area contributed by atoms with Crippen molar-refractivity contribution >= 4 is 29.2 Å². The van der Waals surface area contributed by atoms with Gasteiger partial charge in [0.25, 0.3) is 11.6 Å². The number of benzene rings is 2. The zero-order valence-corrected chi connectivity index (χ0v) is 14.0. The first-order valence-corrected chi connectivity index (χ1v) is 7.71. The minimum absolute atomic E-state index is 0.123. The predicted molar refractivity (Wildman–Crippen MR) is 91.4 cm³/mol. The van der Waals surface area contributed by atoms with Gasteiger partial charge in [0, 0.05) is 11.1 Å². The van der Waals surface area contributed by atoms with Crippen molar-refractivity contribution in [3.05, 3.63) is 74.8 Å². The molecular formula is C17H15ClN2O5. The molecule has 1 atom stereocenters. The van der Waals surface area contributed by atoms with Crippen molar-refractivity contribution in [1.82, 2.24) is 5.32 Å². The van der Waals surface area contributed by atoms with E-state index in [0.29, 0.717) is 0 Å². The van der Waals surface area contributed by atoms with Gasteiger partial charge in [0.05, 0.1) is 11.0 Å². The molecule has 130 valence electrons. The smallest absolute Gasteiger partial charge is 0.345 e. The summed E-state index contributed by atoms with van der Waals surface area (Å²) < 4.78 is 4.86. The van der Waals surface area contributed by atoms with Crippen LogP contribution < -0.4 is 5.32 Å². The number of hydrogen-bond acceptors (Lipinski definition) is 5. The topological polar surface area (TPSA) is 98.5 Å². The van der Waals surface area contributed by atoms with Gasteiger partial charge in [-0.3, -0.25) is 14.9 Å². The summed E-state index contributed by atoms with van der Waals surface area (Å²) in [5, 5.41) is 13.8. The summed E-state index contributed by atoms with van der Waals surface area (Å²) in [6.07, 6.45) is 0. The zero-order chi connectivity index (χ0) is 18.4. The number of carbonyl (C=O) groups is 2. The van der Waals surface area contributed by atoms with Crippen molar-refractivity contribution in [3.8, 4) is 0 Å². The number of nitro benzene ring substituents is 1. The van der Waals surface area contributed by atoms with Gasteiger partial charge in [-0.15, -0.1) is 0 Å². The molecule has 0 aliphatic rings. The molecule has 0 aliphatic carbocycles. The Morgan fingerprint density at radius 1 is 1.24 bits per heavy atom. The van der Waals surface area contributed by atoms with Crippen LogP contribution in [0.25, 0.3) is 0 Å². The van der Waals surface area contributed by atoms with E-state index in [9.17, 15) is 19.7 Å². The molecule has 0 aliphatic heterocycles. The maximum absolute atomic E-state index is 12.0. The van der Waals surface area contributed by atoms with Gasteiger partial charge in [-0.05, 0) is 24.6 Å². The molecule has 0 unspecified atom stereocenters. The van der Waals surface area contributed by atoms with Gasteiger partial charge in [-0.25, -0.2) is 4.79 Å². The first-order valence-electron chi connectivity index (χ1n) is 7.34. The highest BCUT2D eigenvalue weighted by Gasteiger charge is 2.22. The average molecular weight is 363 g/mol. The number of carbonyl (C=O) groups excluding carboxylic acids is 2. The van der Waals surface area contributed by atoms with Crippen molar-refractivity contribution < 1.29 is 19.2 Å². The lowest BCUT2D eigenvalue weighted by Crippen LogP contribution is -2.31. The first-order chi connectivity index (χ1) is 11.9. The van der Waals surface area contributed by atoms with Gasteiger partial charge in [-0.2, -0.15) is 0 Å². The Morgan fingerprint density at radius 2 is 1.92 bits per heavy atom. The number of halogens is 1. The fraction of sp³-hybridized carbons (Fsp3) is 0.176. The Balaban J connectivity index is 1.96. The molecule has 2 aromatic rings. The molecule has 0 aromatic heterocycles. The summed E-state index contributed by atoms with van der Waals surface area (Å²) in [6.45, 7) is 1.24. The predicted octanol–water partition coefficient (Wildman–Crippen LogP) is 3.28. The average Bonchev–Trinajstić information content (AvgIpc) is 2.60. The molecule has 8 heteroatoms. The van der Waals surface area contributed by atoms with Crippen molar-refractivity contribution in [2.45, 2.75) is 13.0 Å². The molecule has 0 radical (unpaired) electrons. The molecule has 25 heavy (non-hydrogen) atoms. The SMILES string of the molecule is C[C@@H](NC(=O)COC(=O)c1ccc(Cl)cc1[N+](=O)[O-])c1ccccc1. The fourth-order valence-electron chi connectivity index (χ4n) is 2.15. The fourth-order valence-corrected chi connectivity index (χ4v) is 2.31. The standard InChI is InChI=1S/C17H15ClN2O5/c1-11(12-5-3-2-4-6-12)19-16(21)10-25-17(22)14-8-7-13(18)9-15(14)20(23)24/h2-9,11H,10H2,1H3,(H,19,21)/t11-/m1/s1. The lowest BCUT2D eigenvalue weighted by atomic mass is 10.1. The number of nitrogens with zero attached hydrogens (tertiary/aromatic N) is 1. The summed E-state index contributed by atoms with van der Waals surface area (Å²) >= 11 is 5.69. The van der Waals surface area contributed by atoms with Crippen LogP contribution in [0, 0.1) is 10.1 Å². The third kappa shape index (κ3) is 5.02. The second-order valence-corrected chi connectivity index (χ2v) is 5.63. The number of nitro groups is 1. The van der Waals surface area contributed by atoms with E-state index < -0.39 is 29.1 Å². The summed E-state index contributed by atoms with van der Waals surface area (Å²) in [4.78, 5) is 34.1. The maximum Gasteiger partial charge on any atom is 0.345 e. The van der Waals surface area contributed by atoms with Gasteiger partial charge in [0.2, 0.25) is 0 Å². The van der Waals surface area contributed by atoms with Crippen molar-refractivity contribution in [3.63, 3.8) is 0 Å². The number of ether oxygens (including phenoxy) is 1. The van der Waals surface area contributed by atoms with E-state index in [1.165, 1.54) is 12.1 Å². The Kier molecular flexibility index (Phi) is 6.08. The second kappa shape index (κ2) is 8.25. The van der Waals surface area contributed by atoms with Gasteiger partial charge in [0.15, 0.2) is 6.61 Å². The Labute approximate surface area is 148 Å². The van der Waals surface area contributed by atoms with Crippen LogP contribution in [-0.2, 0) is 9.53 Å². The number of rotatable bonds is 6. The molecule has 7 nitrogen and oxygen atoms in total. The van der Waals surface area contributed by atoms with Crippen LogP contribution >= 0.6 is 11.6 Å². The summed E-state index contributed by atoms with van der Waals surface area (Å²) in [5.74, 6) is -1.48. The van der Waals surface area contributed by atoms with E-state index in [2.05, 4.69) is 5.32 Å². The monoisotopic (exact) mass is 362 g/mol. The molecular weight excluding hydrogens is 348 g/mol. The largest absolute Gasteiger partial charge is 0.452 e. The van der Waals surface area contributed by atoms with E-state index in [4.69, 9.17) is 16.3 Å². The quantitative estimate of drug-likeness (QED) is 0.483. The highest BCUT2D eigenvalue weighted by molar-refractivity contribution is 6.31. The molecule has 1 N–H and O–H groups in total. The van der Waals surface area contributed by atoms with Crippen molar-refractivity contribution in [1.29, 1.82) is 0 Å². The Bertz CT molecular complexity index is 795. The third-order valence-electron chi connectivity index (χ3n) is 3.39. The van der Waals surface area contributed by atoms with Crippen LogP contribution in [0.4, 0.5) is 5.69 Å². The van der Waals surface area contributed by atoms with Crippen LogP contribution in [0.15, 0.2) is 48.5 Å². The number of esters is 1. The van der Waals surface area contributed by atoms with Crippen LogP contribution in [-0.4, -0.2) is 23.4 Å². The summed E-state index contributed by atoms with van der Waals surface area (Å²) in [6, 6.07) is 12.6. The van der Waals surface area contributed by atoms with Crippen LogP contribution in [0.2, 0.25) is 5.02 Å². The highest BCUT2D eigenvalue weighted by atomic mass is 35.5. The number of nitrogens with one attached hydrogen (secondary N) is 1. The van der Waals surface area contributed by atoms with E-state index in [-0.39, 0.29) is 16.6 Å². The molecule has 0 saturated carbocycles. The van der Waals surface area contributed by atoms with E-state index in [1.54, 1.807) is 6.92 Å². The second-order valence-electron chi connectivity index (χ2n) is 5.19. The van der Waals surface area contributed by atoms with Crippen LogP contribution in [0.5, 0.6) is 0 Å². The van der Waals surface area contributed by atoms with Crippen molar-refractivity contribution in [2.75, 3.05) is 6.61 Å². The molecule has 0 bridgehead atoms. The van der Waals surface area contributed by atoms with E-state index >= 15 is 0 Å². The van der Waals surface area contributed by atoms with Gasteiger partial charge >= 0.3 is 5.97 Å². The number of hydrogen-bond donors (Lipinski definition) is 1. The Morgan fingerprint density at radius 3 is 2.56 bits per heavy atom. The highest BCUT2D eigenvalue weighted by Crippen LogP contribution is 2.23. The molecule has 2 rings (SSSR count). The minimum Gasteiger partial charge on any atom is -0.452 e. The molecule has 0 spiro atoms. The van der Waals surface area contributed by atoms with Crippen LogP contribution in [0.3, 0.4) is 0 Å². The first kappa shape index (κ1) is 18.4. The molecule has 0 saturated heterocycles. The van der Waals surface area contributed by atoms with E-state index in [1.807, 2.05) is 30.3 Å². The third-order valence-corrected chi connectivity index (χ3v) is 3.62. The van der Waals surface area contributed by atoms with Gasteiger partial charge < -0.3 is 10.1 Å². The zero-order valence-electron chi connectivity index (χ0n) is 13.3. The molecule has 2 aromatic carbocycles. The number of amides is 1. The lowest BCUT2D eigenvalue weighted by molar-refractivity contribution is -0.385. The van der Waals surface area contributed by atoms with Crippen molar-refractivity contribution in [2.24, 2.45) is 0 Å². The molecule has 0 fully saturated rings. The summed E-state index contributed by atoms with van der Waals surface area (Å²) in [5.41, 5.74) is 0.157. The molecule has 1 amide bonds. The summed E-state index contributed by atoms with van der Waals surface area (Å²) in [7, 11) is 0. The van der Waals surface area contributed by atoms with Gasteiger partial charge in [0.1, 0.15) is 5.56 Å².